The highest BCUT2D eigenvalue weighted by molar-refractivity contribution is 6.30. The molecule has 1 aliphatic carbocycles. The summed E-state index contributed by atoms with van der Waals surface area (Å²) in [5, 5.41) is 13.0. The van der Waals surface area contributed by atoms with E-state index in [1.807, 2.05) is 25.1 Å². The van der Waals surface area contributed by atoms with Gasteiger partial charge in [-0.05, 0) is 62.2 Å². The molecule has 0 aliphatic heterocycles. The molecular weight excluding hydrogens is 338 g/mol. The summed E-state index contributed by atoms with van der Waals surface area (Å²) in [6, 6.07) is 9.73. The van der Waals surface area contributed by atoms with E-state index in [1.54, 1.807) is 12.1 Å². The van der Waals surface area contributed by atoms with Crippen molar-refractivity contribution < 1.29 is 4.79 Å². The SMILES string of the molecule is Cc1cc(C(=O)Cn2nnc(-c3ccc(Cl)cc3)n2)c(C)n1C1CC1. The van der Waals surface area contributed by atoms with Crippen LogP contribution in [0.2, 0.25) is 5.02 Å². The summed E-state index contributed by atoms with van der Waals surface area (Å²) in [6.07, 6.45) is 2.39. The molecule has 0 atom stereocenters. The highest BCUT2D eigenvalue weighted by Gasteiger charge is 2.28. The second-order valence-corrected chi connectivity index (χ2v) is 6.90. The van der Waals surface area contributed by atoms with Crippen molar-refractivity contribution in [2.24, 2.45) is 0 Å². The van der Waals surface area contributed by atoms with Crippen molar-refractivity contribution in [1.29, 1.82) is 0 Å². The number of ketones is 1. The fourth-order valence-corrected chi connectivity index (χ4v) is 3.32. The van der Waals surface area contributed by atoms with Gasteiger partial charge in [-0.25, -0.2) is 0 Å². The lowest BCUT2D eigenvalue weighted by atomic mass is 10.1. The van der Waals surface area contributed by atoms with Gasteiger partial charge < -0.3 is 4.57 Å². The third kappa shape index (κ3) is 3.09. The number of tetrazole rings is 1. The van der Waals surface area contributed by atoms with Crippen LogP contribution in [0.25, 0.3) is 11.4 Å². The van der Waals surface area contributed by atoms with E-state index in [-0.39, 0.29) is 12.3 Å². The summed E-state index contributed by atoms with van der Waals surface area (Å²) in [7, 11) is 0. The molecule has 2 heterocycles. The van der Waals surface area contributed by atoms with E-state index >= 15 is 0 Å². The lowest BCUT2D eigenvalue weighted by molar-refractivity contribution is 0.0960. The van der Waals surface area contributed by atoms with Gasteiger partial charge >= 0.3 is 0 Å². The predicted octanol–water partition coefficient (Wildman–Crippen LogP) is 3.63. The first-order valence-corrected chi connectivity index (χ1v) is 8.66. The van der Waals surface area contributed by atoms with Crippen molar-refractivity contribution in [2.75, 3.05) is 0 Å². The zero-order chi connectivity index (χ0) is 17.6. The number of Topliss-reactive ketones (excluding diaryl/α,β-unsaturated/α-hetero) is 1. The third-order valence-corrected chi connectivity index (χ3v) is 4.79. The Bertz CT molecular complexity index is 937. The summed E-state index contributed by atoms with van der Waals surface area (Å²) >= 11 is 5.89. The molecule has 1 aromatic carbocycles. The van der Waals surface area contributed by atoms with Crippen molar-refractivity contribution >= 4 is 17.4 Å². The Hall–Kier alpha value is -2.47. The molecule has 128 valence electrons. The van der Waals surface area contributed by atoms with Gasteiger partial charge in [0.1, 0.15) is 6.54 Å². The van der Waals surface area contributed by atoms with Crippen molar-refractivity contribution in [2.45, 2.75) is 39.3 Å². The van der Waals surface area contributed by atoms with Crippen LogP contribution >= 0.6 is 11.6 Å². The second-order valence-electron chi connectivity index (χ2n) is 6.46. The van der Waals surface area contributed by atoms with E-state index in [1.165, 1.54) is 17.6 Å². The second kappa shape index (κ2) is 6.11. The maximum absolute atomic E-state index is 12.7. The number of carbonyl (C=O) groups is 1. The van der Waals surface area contributed by atoms with Crippen molar-refractivity contribution in [3.63, 3.8) is 0 Å². The normalized spacial score (nSPS) is 14.0. The standard InChI is InChI=1S/C18H18ClN5O/c1-11-9-16(12(2)24(11)15-7-8-15)17(25)10-23-21-18(20-22-23)13-3-5-14(19)6-4-13/h3-6,9,15H,7-8,10H2,1-2H3. The predicted molar refractivity (Wildman–Crippen MR) is 94.8 cm³/mol. The van der Waals surface area contributed by atoms with E-state index in [2.05, 4.69) is 26.9 Å². The molecule has 6 nitrogen and oxygen atoms in total. The van der Waals surface area contributed by atoms with Gasteiger partial charge in [0.05, 0.1) is 0 Å². The monoisotopic (exact) mass is 355 g/mol. The Morgan fingerprint density at radius 1 is 1.24 bits per heavy atom. The minimum absolute atomic E-state index is 0.0000520. The van der Waals surface area contributed by atoms with Gasteiger partial charge in [0.15, 0.2) is 5.78 Å². The molecular formula is C18H18ClN5O. The van der Waals surface area contributed by atoms with E-state index in [9.17, 15) is 4.79 Å². The van der Waals surface area contributed by atoms with Gasteiger partial charge in [0, 0.05) is 33.6 Å². The van der Waals surface area contributed by atoms with E-state index in [0.717, 1.165) is 22.5 Å². The van der Waals surface area contributed by atoms with Crippen LogP contribution < -0.4 is 0 Å². The van der Waals surface area contributed by atoms with Crippen LogP contribution in [0.5, 0.6) is 0 Å². The molecule has 3 aromatic rings. The Labute approximate surface area is 150 Å². The molecule has 0 radical (unpaired) electrons. The zero-order valence-electron chi connectivity index (χ0n) is 14.1. The van der Waals surface area contributed by atoms with E-state index < -0.39 is 0 Å². The Kier molecular flexibility index (Phi) is 3.92. The zero-order valence-corrected chi connectivity index (χ0v) is 14.9. The molecule has 0 spiro atoms. The fraction of sp³-hybridized carbons (Fsp3) is 0.333. The maximum Gasteiger partial charge on any atom is 0.204 e. The first kappa shape index (κ1) is 16.0. The molecule has 1 aliphatic rings. The van der Waals surface area contributed by atoms with E-state index in [0.29, 0.717) is 16.9 Å². The molecule has 0 N–H and O–H groups in total. The summed E-state index contributed by atoms with van der Waals surface area (Å²) in [5.74, 6) is 0.480. The summed E-state index contributed by atoms with van der Waals surface area (Å²) < 4.78 is 2.27. The van der Waals surface area contributed by atoms with Crippen LogP contribution in [0.4, 0.5) is 0 Å². The number of hydrogen-bond acceptors (Lipinski definition) is 4. The number of rotatable bonds is 5. The minimum Gasteiger partial charge on any atom is -0.345 e. The molecule has 0 unspecified atom stereocenters. The molecule has 25 heavy (non-hydrogen) atoms. The summed E-state index contributed by atoms with van der Waals surface area (Å²) in [6.45, 7) is 4.14. The smallest absolute Gasteiger partial charge is 0.204 e. The van der Waals surface area contributed by atoms with Crippen LogP contribution in [0.1, 0.15) is 40.6 Å². The van der Waals surface area contributed by atoms with Crippen molar-refractivity contribution in [3.05, 3.63) is 52.3 Å². The maximum atomic E-state index is 12.7. The Morgan fingerprint density at radius 2 is 1.96 bits per heavy atom. The van der Waals surface area contributed by atoms with Crippen LogP contribution in [0, 0.1) is 13.8 Å². The number of aromatic nitrogens is 5. The minimum atomic E-state index is 0.0000520. The largest absolute Gasteiger partial charge is 0.345 e. The van der Waals surface area contributed by atoms with Gasteiger partial charge in [-0.2, -0.15) is 4.80 Å². The lowest BCUT2D eigenvalue weighted by Gasteiger charge is -2.07. The third-order valence-electron chi connectivity index (χ3n) is 4.54. The summed E-state index contributed by atoms with van der Waals surface area (Å²) in [4.78, 5) is 14.0. The average molecular weight is 356 g/mol. The van der Waals surface area contributed by atoms with Crippen molar-refractivity contribution in [3.8, 4) is 11.4 Å². The topological polar surface area (TPSA) is 65.6 Å². The molecule has 2 aromatic heterocycles. The first-order valence-electron chi connectivity index (χ1n) is 8.28. The Morgan fingerprint density at radius 3 is 2.64 bits per heavy atom. The van der Waals surface area contributed by atoms with Crippen LogP contribution in [0.3, 0.4) is 0 Å². The van der Waals surface area contributed by atoms with Gasteiger partial charge in [-0.15, -0.1) is 10.2 Å². The van der Waals surface area contributed by atoms with E-state index in [4.69, 9.17) is 11.6 Å². The number of halogens is 1. The highest BCUT2D eigenvalue weighted by Crippen LogP contribution is 2.38. The quantitative estimate of drug-likeness (QED) is 0.655. The van der Waals surface area contributed by atoms with Crippen LogP contribution in [-0.4, -0.2) is 30.6 Å². The number of aryl methyl sites for hydroxylation is 1. The lowest BCUT2D eigenvalue weighted by Crippen LogP contribution is -2.14. The molecule has 0 amide bonds. The van der Waals surface area contributed by atoms with Crippen LogP contribution in [0.15, 0.2) is 30.3 Å². The number of benzene rings is 1. The average Bonchev–Trinajstić information content (AvgIpc) is 3.23. The molecule has 1 fully saturated rings. The number of nitrogens with zero attached hydrogens (tertiary/aromatic N) is 5. The molecule has 7 heteroatoms. The highest BCUT2D eigenvalue weighted by atomic mass is 35.5. The molecule has 4 rings (SSSR count). The number of carbonyl (C=O) groups excluding carboxylic acids is 1. The number of hydrogen-bond donors (Lipinski definition) is 0. The molecule has 1 saturated carbocycles. The van der Waals surface area contributed by atoms with Gasteiger partial charge in [-0.3, -0.25) is 4.79 Å². The van der Waals surface area contributed by atoms with Crippen molar-refractivity contribution in [1.82, 2.24) is 24.8 Å². The van der Waals surface area contributed by atoms with Gasteiger partial charge in [-0.1, -0.05) is 11.6 Å². The fourth-order valence-electron chi connectivity index (χ4n) is 3.19. The first-order chi connectivity index (χ1) is 12.0. The van der Waals surface area contributed by atoms with Crippen LogP contribution in [-0.2, 0) is 6.54 Å². The van der Waals surface area contributed by atoms with Gasteiger partial charge in [0.2, 0.25) is 5.82 Å². The molecule has 0 saturated heterocycles. The molecule has 0 bridgehead atoms. The van der Waals surface area contributed by atoms with Gasteiger partial charge in [0.25, 0.3) is 0 Å². The Balaban J connectivity index is 1.54. The summed E-state index contributed by atoms with van der Waals surface area (Å²) in [5.41, 5.74) is 3.73.